The minimum Gasteiger partial charge on any atom is -0.507 e. The molecule has 80 valence electrons. The van der Waals surface area contributed by atoms with Crippen LogP contribution in [-0.4, -0.2) is 5.11 Å². The third-order valence-corrected chi connectivity index (χ3v) is 2.39. The lowest BCUT2D eigenvalue weighted by Crippen LogP contribution is -1.83. The van der Waals surface area contributed by atoms with E-state index < -0.39 is 0 Å². The van der Waals surface area contributed by atoms with E-state index in [9.17, 15) is 5.11 Å². The van der Waals surface area contributed by atoms with E-state index in [-0.39, 0.29) is 5.75 Å². The average Bonchev–Trinajstić information content (AvgIpc) is 2.27. The van der Waals surface area contributed by atoms with E-state index in [0.29, 0.717) is 5.92 Å². The molecule has 0 aliphatic rings. The summed E-state index contributed by atoms with van der Waals surface area (Å²) >= 11 is 0. The zero-order valence-electron chi connectivity index (χ0n) is 9.49. The van der Waals surface area contributed by atoms with Gasteiger partial charge in [-0.15, -0.1) is 0 Å². The lowest BCUT2D eigenvalue weighted by molar-refractivity contribution is 0.474. The van der Waals surface area contributed by atoms with Gasteiger partial charge in [0.15, 0.2) is 0 Å². The van der Waals surface area contributed by atoms with Crippen molar-refractivity contribution in [3.63, 3.8) is 0 Å². The van der Waals surface area contributed by atoms with Crippen molar-refractivity contribution in [2.45, 2.75) is 13.8 Å². The predicted octanol–water partition coefficient (Wildman–Crippen LogP) is 3.55. The van der Waals surface area contributed by atoms with Gasteiger partial charge in [0.1, 0.15) is 5.75 Å². The first kappa shape index (κ1) is 10.6. The molecule has 0 aromatic heterocycles. The van der Waals surface area contributed by atoms with Crippen molar-refractivity contribution in [1.29, 1.82) is 0 Å². The van der Waals surface area contributed by atoms with Gasteiger partial charge in [-0.3, -0.25) is 0 Å². The Bertz CT molecular complexity index is 571. The van der Waals surface area contributed by atoms with Crippen LogP contribution in [0.4, 0.5) is 0 Å². The molecular weight excluding hydrogens is 196 g/mol. The maximum atomic E-state index is 9.82. The minimum absolute atomic E-state index is 0.256. The van der Waals surface area contributed by atoms with Gasteiger partial charge in [-0.1, -0.05) is 56.0 Å². The summed E-state index contributed by atoms with van der Waals surface area (Å²) in [5, 5.41) is 11.9. The third-order valence-electron chi connectivity index (χ3n) is 2.39. The number of fused-ring (bicyclic) bond motifs is 1. The van der Waals surface area contributed by atoms with Crippen LogP contribution in [0.15, 0.2) is 36.4 Å². The highest BCUT2D eigenvalue weighted by molar-refractivity contribution is 5.90. The fourth-order valence-electron chi connectivity index (χ4n) is 1.61. The van der Waals surface area contributed by atoms with E-state index in [1.807, 2.05) is 44.2 Å². The van der Waals surface area contributed by atoms with Gasteiger partial charge in [0.25, 0.3) is 0 Å². The lowest BCUT2D eigenvalue weighted by Gasteiger charge is -2.03. The maximum absolute atomic E-state index is 9.82. The Morgan fingerprint density at radius 3 is 2.56 bits per heavy atom. The fourth-order valence-corrected chi connectivity index (χ4v) is 1.61. The highest BCUT2D eigenvalue weighted by Gasteiger charge is 2.03. The Labute approximate surface area is 95.7 Å². The summed E-state index contributed by atoms with van der Waals surface area (Å²) in [6.07, 6.45) is 0. The SMILES string of the molecule is CC(C)C#Cc1c(O)ccc2ccccc12. The number of aromatic hydroxyl groups is 1. The van der Waals surface area contributed by atoms with E-state index >= 15 is 0 Å². The van der Waals surface area contributed by atoms with E-state index in [1.165, 1.54) is 0 Å². The number of phenols is 1. The number of phenolic OH excluding ortho intramolecular Hbond substituents is 1. The van der Waals surface area contributed by atoms with Gasteiger partial charge in [0.2, 0.25) is 0 Å². The van der Waals surface area contributed by atoms with Gasteiger partial charge < -0.3 is 5.11 Å². The average molecular weight is 210 g/mol. The number of benzene rings is 2. The van der Waals surface area contributed by atoms with E-state index in [1.54, 1.807) is 6.07 Å². The van der Waals surface area contributed by atoms with Crippen molar-refractivity contribution in [3.05, 3.63) is 42.0 Å². The van der Waals surface area contributed by atoms with Crippen molar-refractivity contribution < 1.29 is 5.11 Å². The molecule has 0 atom stereocenters. The summed E-state index contributed by atoms with van der Waals surface area (Å²) in [7, 11) is 0. The van der Waals surface area contributed by atoms with Crippen LogP contribution >= 0.6 is 0 Å². The van der Waals surface area contributed by atoms with Gasteiger partial charge in [0, 0.05) is 11.3 Å². The summed E-state index contributed by atoms with van der Waals surface area (Å²) in [5.74, 6) is 6.70. The molecule has 0 saturated carbocycles. The molecule has 0 fully saturated rings. The zero-order chi connectivity index (χ0) is 11.5. The standard InChI is InChI=1S/C15H14O/c1-11(2)7-9-14-13-6-4-3-5-12(13)8-10-15(14)16/h3-6,8,10-11,16H,1-2H3. The first-order valence-electron chi connectivity index (χ1n) is 5.41. The van der Waals surface area contributed by atoms with Crippen molar-refractivity contribution in [2.75, 3.05) is 0 Å². The lowest BCUT2D eigenvalue weighted by atomic mass is 10.0. The molecular formula is C15H14O. The summed E-state index contributed by atoms with van der Waals surface area (Å²) in [5.41, 5.74) is 0.729. The third kappa shape index (κ3) is 2.01. The summed E-state index contributed by atoms with van der Waals surface area (Å²) in [6, 6.07) is 11.6. The Hall–Kier alpha value is -1.94. The van der Waals surface area contributed by atoms with Crippen LogP contribution in [0, 0.1) is 17.8 Å². The van der Waals surface area contributed by atoms with Gasteiger partial charge in [-0.2, -0.15) is 0 Å². The van der Waals surface area contributed by atoms with Crippen LogP contribution in [0.1, 0.15) is 19.4 Å². The quantitative estimate of drug-likeness (QED) is 0.659. The van der Waals surface area contributed by atoms with Crippen LogP contribution in [-0.2, 0) is 0 Å². The zero-order valence-corrected chi connectivity index (χ0v) is 9.49. The van der Waals surface area contributed by atoms with Gasteiger partial charge in [-0.25, -0.2) is 0 Å². The van der Waals surface area contributed by atoms with E-state index in [0.717, 1.165) is 16.3 Å². The number of rotatable bonds is 0. The summed E-state index contributed by atoms with van der Waals surface area (Å²) < 4.78 is 0. The molecule has 0 radical (unpaired) electrons. The van der Waals surface area contributed by atoms with Gasteiger partial charge in [-0.05, 0) is 11.5 Å². The Balaban J connectivity index is 2.68. The monoisotopic (exact) mass is 210 g/mol. The summed E-state index contributed by atoms with van der Waals surface area (Å²) in [4.78, 5) is 0. The molecule has 1 nitrogen and oxygen atoms in total. The molecule has 0 amide bonds. The molecule has 0 saturated heterocycles. The van der Waals surface area contributed by atoms with E-state index in [4.69, 9.17) is 0 Å². The molecule has 0 aliphatic heterocycles. The molecule has 0 spiro atoms. The van der Waals surface area contributed by atoms with Crippen molar-refractivity contribution in [2.24, 2.45) is 5.92 Å². The highest BCUT2D eigenvalue weighted by atomic mass is 16.3. The Kier molecular flexibility index (Phi) is 2.83. The minimum atomic E-state index is 0.256. The fraction of sp³-hybridized carbons (Fsp3) is 0.200. The van der Waals surface area contributed by atoms with Crippen LogP contribution in [0.5, 0.6) is 5.75 Å². The molecule has 2 rings (SSSR count). The molecule has 16 heavy (non-hydrogen) atoms. The van der Waals surface area contributed by atoms with Gasteiger partial charge in [0.05, 0.1) is 5.56 Å². The van der Waals surface area contributed by atoms with Crippen molar-refractivity contribution in [1.82, 2.24) is 0 Å². The maximum Gasteiger partial charge on any atom is 0.131 e. The van der Waals surface area contributed by atoms with Crippen LogP contribution < -0.4 is 0 Å². The topological polar surface area (TPSA) is 20.2 Å². The second kappa shape index (κ2) is 4.28. The first-order valence-corrected chi connectivity index (χ1v) is 5.41. The molecule has 0 heterocycles. The Morgan fingerprint density at radius 2 is 1.81 bits per heavy atom. The normalized spacial score (nSPS) is 10.2. The van der Waals surface area contributed by atoms with E-state index in [2.05, 4.69) is 11.8 Å². The smallest absolute Gasteiger partial charge is 0.131 e. The number of hydrogen-bond acceptors (Lipinski definition) is 1. The van der Waals surface area contributed by atoms with Crippen LogP contribution in [0.25, 0.3) is 10.8 Å². The van der Waals surface area contributed by atoms with Crippen molar-refractivity contribution in [3.8, 4) is 17.6 Å². The molecule has 1 N–H and O–H groups in total. The largest absolute Gasteiger partial charge is 0.507 e. The van der Waals surface area contributed by atoms with Gasteiger partial charge >= 0.3 is 0 Å². The van der Waals surface area contributed by atoms with Crippen molar-refractivity contribution >= 4 is 10.8 Å². The second-order valence-corrected chi connectivity index (χ2v) is 4.10. The number of hydrogen-bond donors (Lipinski definition) is 1. The Morgan fingerprint density at radius 1 is 1.06 bits per heavy atom. The second-order valence-electron chi connectivity index (χ2n) is 4.10. The molecule has 2 aromatic rings. The highest BCUT2D eigenvalue weighted by Crippen LogP contribution is 2.26. The summed E-state index contributed by atoms with van der Waals surface area (Å²) in [6.45, 7) is 4.07. The molecule has 1 heteroatoms. The molecule has 0 aliphatic carbocycles. The first-order chi connectivity index (χ1) is 7.68. The predicted molar refractivity (Wildman–Crippen MR) is 67.3 cm³/mol. The molecule has 2 aromatic carbocycles. The molecule has 0 bridgehead atoms. The van der Waals surface area contributed by atoms with Crippen LogP contribution in [0.3, 0.4) is 0 Å². The van der Waals surface area contributed by atoms with Crippen LogP contribution in [0.2, 0.25) is 0 Å². The molecule has 0 unspecified atom stereocenters.